The number of rotatable bonds is 6. The largest absolute Gasteiger partial charge is 0.772 e. The lowest BCUT2D eigenvalue weighted by Gasteiger charge is -2.37. The lowest BCUT2D eigenvalue weighted by Crippen LogP contribution is -2.47. The maximum Gasteiger partial charge on any atom is 0.0589 e. The van der Waals surface area contributed by atoms with Gasteiger partial charge in [0.1, 0.15) is 0 Å². The molecule has 1 aliphatic heterocycles. The minimum atomic E-state index is -2.04. The van der Waals surface area contributed by atoms with Gasteiger partial charge in [0, 0.05) is 51.3 Å². The van der Waals surface area contributed by atoms with Gasteiger partial charge in [0.25, 0.3) is 0 Å². The summed E-state index contributed by atoms with van der Waals surface area (Å²) in [5.41, 5.74) is 3.12. The predicted octanol–water partition coefficient (Wildman–Crippen LogP) is 1.14. The molecule has 1 atom stereocenters. The van der Waals surface area contributed by atoms with Crippen molar-refractivity contribution in [3.8, 4) is 0 Å². The fourth-order valence-corrected chi connectivity index (χ4v) is 3.30. The van der Waals surface area contributed by atoms with E-state index in [2.05, 4.69) is 15.9 Å². The summed E-state index contributed by atoms with van der Waals surface area (Å²) < 4.78 is 27.0. The molecule has 1 unspecified atom stereocenters. The van der Waals surface area contributed by atoms with Crippen molar-refractivity contribution in [2.24, 2.45) is 0 Å². The van der Waals surface area contributed by atoms with Crippen LogP contribution in [0.25, 0.3) is 0 Å². The van der Waals surface area contributed by atoms with Gasteiger partial charge in [-0.05, 0) is 24.1 Å². The maximum absolute atomic E-state index is 10.9. The summed E-state index contributed by atoms with van der Waals surface area (Å²) in [6, 6.07) is 5.92. The molecule has 1 heterocycles. The first-order valence-electron chi connectivity index (χ1n) is 7.22. The SMILES string of the molecule is COCCN1CCN(c2cccc(CS(=O)[O-])c2C)CC1. The fraction of sp³-hybridized carbons (Fsp3) is 0.600. The Kier molecular flexibility index (Phi) is 6.17. The van der Waals surface area contributed by atoms with Crippen LogP contribution in [0.15, 0.2) is 18.2 Å². The highest BCUT2D eigenvalue weighted by atomic mass is 32.2. The number of hydrogen-bond donors (Lipinski definition) is 0. The standard InChI is InChI=1S/C15H24N2O3S/c1-13-14(12-21(18)19)4-3-5-15(13)17-8-6-16(7-9-17)10-11-20-2/h3-5H,6-12H2,1-2H3,(H,18,19)/p-1. The van der Waals surface area contributed by atoms with E-state index < -0.39 is 11.1 Å². The lowest BCUT2D eigenvalue weighted by atomic mass is 10.1. The molecule has 0 amide bonds. The predicted molar refractivity (Wildman–Crippen MR) is 84.3 cm³/mol. The van der Waals surface area contributed by atoms with Crippen molar-refractivity contribution in [3.05, 3.63) is 29.3 Å². The Morgan fingerprint density at radius 3 is 2.62 bits per heavy atom. The van der Waals surface area contributed by atoms with Crippen molar-refractivity contribution in [2.45, 2.75) is 12.7 Å². The number of nitrogens with zero attached hydrogens (tertiary/aromatic N) is 2. The van der Waals surface area contributed by atoms with E-state index in [0.29, 0.717) is 0 Å². The molecule has 0 saturated carbocycles. The summed E-state index contributed by atoms with van der Waals surface area (Å²) in [6.07, 6.45) is 0. The van der Waals surface area contributed by atoms with Crippen molar-refractivity contribution in [1.29, 1.82) is 0 Å². The molecule has 0 spiro atoms. The third-order valence-electron chi connectivity index (χ3n) is 4.02. The molecule has 0 N–H and O–H groups in total. The van der Waals surface area contributed by atoms with E-state index in [-0.39, 0.29) is 5.75 Å². The molecule has 21 heavy (non-hydrogen) atoms. The Bertz CT molecular complexity index is 488. The van der Waals surface area contributed by atoms with Crippen molar-refractivity contribution < 1.29 is 13.5 Å². The van der Waals surface area contributed by atoms with Gasteiger partial charge in [0.2, 0.25) is 0 Å². The highest BCUT2D eigenvalue weighted by Gasteiger charge is 2.18. The number of benzene rings is 1. The second-order valence-electron chi connectivity index (χ2n) is 5.33. The summed E-state index contributed by atoms with van der Waals surface area (Å²) in [6.45, 7) is 7.71. The average Bonchev–Trinajstić information content (AvgIpc) is 2.47. The summed E-state index contributed by atoms with van der Waals surface area (Å²) in [5, 5.41) is 0. The van der Waals surface area contributed by atoms with Crippen LogP contribution < -0.4 is 4.90 Å². The van der Waals surface area contributed by atoms with Gasteiger partial charge in [-0.25, -0.2) is 0 Å². The molecule has 5 nitrogen and oxygen atoms in total. The molecule has 1 aliphatic rings. The van der Waals surface area contributed by atoms with Gasteiger partial charge < -0.3 is 14.2 Å². The van der Waals surface area contributed by atoms with Gasteiger partial charge in [-0.2, -0.15) is 0 Å². The zero-order valence-corrected chi connectivity index (χ0v) is 13.5. The highest BCUT2D eigenvalue weighted by Crippen LogP contribution is 2.25. The molecule has 118 valence electrons. The fourth-order valence-electron chi connectivity index (χ4n) is 2.73. The molecule has 0 radical (unpaired) electrons. The van der Waals surface area contributed by atoms with E-state index in [1.165, 1.54) is 0 Å². The van der Waals surface area contributed by atoms with E-state index in [4.69, 9.17) is 4.74 Å². The molecule has 2 rings (SSSR count). The number of methoxy groups -OCH3 is 1. The topological polar surface area (TPSA) is 55.8 Å². The maximum atomic E-state index is 10.9. The number of piperazine rings is 1. The van der Waals surface area contributed by atoms with Gasteiger partial charge >= 0.3 is 0 Å². The second-order valence-corrected chi connectivity index (χ2v) is 6.23. The molecule has 6 heteroatoms. The average molecular weight is 311 g/mol. The van der Waals surface area contributed by atoms with E-state index in [1.54, 1.807) is 7.11 Å². The molecule has 1 saturated heterocycles. The molecule has 1 fully saturated rings. The smallest absolute Gasteiger partial charge is 0.0589 e. The van der Waals surface area contributed by atoms with Crippen molar-refractivity contribution in [3.63, 3.8) is 0 Å². The van der Waals surface area contributed by atoms with Gasteiger partial charge in [0.05, 0.1) is 6.61 Å². The Morgan fingerprint density at radius 1 is 1.29 bits per heavy atom. The van der Waals surface area contributed by atoms with Crippen LogP contribution in [-0.2, 0) is 21.6 Å². The van der Waals surface area contributed by atoms with Crippen LogP contribution >= 0.6 is 0 Å². The van der Waals surface area contributed by atoms with Crippen LogP contribution in [0.1, 0.15) is 11.1 Å². The minimum absolute atomic E-state index is 0.0908. The first kappa shape index (κ1) is 16.4. The monoisotopic (exact) mass is 311 g/mol. The number of anilines is 1. The van der Waals surface area contributed by atoms with Crippen LogP contribution in [0.3, 0.4) is 0 Å². The van der Waals surface area contributed by atoms with Gasteiger partial charge in [0.15, 0.2) is 0 Å². The molecule has 0 aromatic heterocycles. The normalized spacial score (nSPS) is 18.0. The van der Waals surface area contributed by atoms with Gasteiger partial charge in [-0.1, -0.05) is 23.2 Å². The molecule has 0 bridgehead atoms. The molecule has 1 aromatic rings. The second kappa shape index (κ2) is 7.89. The summed E-state index contributed by atoms with van der Waals surface area (Å²) in [7, 11) is 1.73. The molecular weight excluding hydrogens is 288 g/mol. The van der Waals surface area contributed by atoms with Crippen LogP contribution in [0.5, 0.6) is 0 Å². The van der Waals surface area contributed by atoms with Crippen LogP contribution in [-0.4, -0.2) is 60.1 Å². The van der Waals surface area contributed by atoms with Gasteiger partial charge in [-0.15, -0.1) is 0 Å². The summed E-state index contributed by atoms with van der Waals surface area (Å²) in [5.74, 6) is 0.0908. The Hall–Kier alpha value is -0.950. The van der Waals surface area contributed by atoms with E-state index in [1.807, 2.05) is 19.1 Å². The molecule has 0 aliphatic carbocycles. The zero-order chi connectivity index (χ0) is 15.2. The third kappa shape index (κ3) is 4.51. The highest BCUT2D eigenvalue weighted by molar-refractivity contribution is 7.78. The third-order valence-corrected chi connectivity index (χ3v) is 4.56. The van der Waals surface area contributed by atoms with Crippen molar-refractivity contribution >= 4 is 16.8 Å². The van der Waals surface area contributed by atoms with Crippen molar-refractivity contribution in [1.82, 2.24) is 4.90 Å². The first-order chi connectivity index (χ1) is 10.1. The molecular formula is C15H23N2O3S-. The molecule has 1 aromatic carbocycles. The minimum Gasteiger partial charge on any atom is -0.772 e. The summed E-state index contributed by atoms with van der Waals surface area (Å²) in [4.78, 5) is 4.74. The lowest BCUT2D eigenvalue weighted by molar-refractivity contribution is 0.144. The van der Waals surface area contributed by atoms with Crippen molar-refractivity contribution in [2.75, 3.05) is 51.3 Å². The van der Waals surface area contributed by atoms with E-state index in [9.17, 15) is 8.76 Å². The Morgan fingerprint density at radius 2 is 2.00 bits per heavy atom. The quantitative estimate of drug-likeness (QED) is 0.738. The van der Waals surface area contributed by atoms with E-state index >= 15 is 0 Å². The Balaban J connectivity index is 2.01. The Labute approximate surface area is 129 Å². The number of ether oxygens (including phenoxy) is 1. The van der Waals surface area contributed by atoms with Crippen LogP contribution in [0.2, 0.25) is 0 Å². The van der Waals surface area contributed by atoms with Crippen LogP contribution in [0.4, 0.5) is 5.69 Å². The number of hydrogen-bond acceptors (Lipinski definition) is 5. The summed E-state index contributed by atoms with van der Waals surface area (Å²) >= 11 is -2.04. The first-order valence-corrected chi connectivity index (χ1v) is 8.47. The zero-order valence-electron chi connectivity index (χ0n) is 12.7. The van der Waals surface area contributed by atoms with Gasteiger partial charge in [-0.3, -0.25) is 9.11 Å². The van der Waals surface area contributed by atoms with E-state index in [0.717, 1.165) is 56.1 Å². The van der Waals surface area contributed by atoms with Crippen LogP contribution in [0, 0.1) is 6.92 Å².